The summed E-state index contributed by atoms with van der Waals surface area (Å²) in [5.74, 6) is -0.0468. The molecule has 2 aromatic rings. The lowest BCUT2D eigenvalue weighted by atomic mass is 9.96. The summed E-state index contributed by atoms with van der Waals surface area (Å²) in [6.07, 6.45) is 0.758. The molecule has 7 heteroatoms. The number of thiocarbonyl (C=S) groups is 1. The molecule has 3 rings (SSSR count). The average Bonchev–Trinajstić information content (AvgIpc) is 2.77. The van der Waals surface area contributed by atoms with Crippen LogP contribution in [0.5, 0.6) is 5.75 Å². The van der Waals surface area contributed by atoms with Gasteiger partial charge in [-0.2, -0.15) is 0 Å². The number of rotatable bonds is 5. The Kier molecular flexibility index (Phi) is 6.29. The van der Waals surface area contributed by atoms with Gasteiger partial charge in [0.05, 0.1) is 29.0 Å². The lowest BCUT2D eigenvalue weighted by Gasteiger charge is -2.23. The van der Waals surface area contributed by atoms with Gasteiger partial charge in [-0.3, -0.25) is 4.79 Å². The summed E-state index contributed by atoms with van der Waals surface area (Å²) in [4.78, 5) is 11.9. The first-order chi connectivity index (χ1) is 12.9. The molecule has 4 nitrogen and oxygen atoms in total. The molecule has 0 radical (unpaired) electrons. The standard InChI is InChI=1S/C20H20ClNO3S2/c1-3-12-13(5-4-6-16(12)25-2)19-14-9-11(21)7-8-15(14)22-20(26)17(27-19)10-18(23)24/h4-9,17,19H,3,10H2,1-2H3,(H,22,26)(H,23,24)/t17-,19-/m1/s1. The number of aliphatic carboxylic acids is 1. The number of carboxylic acid groups (broad SMARTS) is 1. The van der Waals surface area contributed by atoms with Crippen LogP contribution in [0.3, 0.4) is 0 Å². The summed E-state index contributed by atoms with van der Waals surface area (Å²) in [5.41, 5.74) is 4.04. The predicted molar refractivity (Wildman–Crippen MR) is 116 cm³/mol. The van der Waals surface area contributed by atoms with E-state index in [2.05, 4.69) is 18.3 Å². The zero-order chi connectivity index (χ0) is 19.6. The zero-order valence-electron chi connectivity index (χ0n) is 15.0. The van der Waals surface area contributed by atoms with Crippen molar-refractivity contribution in [3.05, 3.63) is 58.1 Å². The van der Waals surface area contributed by atoms with E-state index in [1.165, 1.54) is 0 Å². The number of halogens is 1. The number of carbonyl (C=O) groups is 1. The molecule has 0 bridgehead atoms. The Labute approximate surface area is 173 Å². The molecule has 2 N–H and O–H groups in total. The van der Waals surface area contributed by atoms with Gasteiger partial charge in [-0.1, -0.05) is 42.9 Å². The first-order valence-corrected chi connectivity index (χ1v) is 10.3. The van der Waals surface area contributed by atoms with Crippen LogP contribution in [0.4, 0.5) is 5.69 Å². The third-order valence-electron chi connectivity index (χ3n) is 4.53. The fourth-order valence-electron chi connectivity index (χ4n) is 3.32. The molecular formula is C20H20ClNO3S2. The molecule has 2 aromatic carbocycles. The molecular weight excluding hydrogens is 402 g/mol. The number of ether oxygens (including phenoxy) is 1. The molecule has 0 aliphatic carbocycles. The van der Waals surface area contributed by atoms with Crippen molar-refractivity contribution in [3.63, 3.8) is 0 Å². The minimum atomic E-state index is -0.874. The molecule has 0 aromatic heterocycles. The van der Waals surface area contributed by atoms with E-state index in [0.29, 0.717) is 10.0 Å². The van der Waals surface area contributed by atoms with E-state index >= 15 is 0 Å². The normalized spacial score (nSPS) is 19.0. The highest BCUT2D eigenvalue weighted by atomic mass is 35.5. The van der Waals surface area contributed by atoms with Crippen molar-refractivity contribution in [1.29, 1.82) is 0 Å². The number of nitrogens with one attached hydrogen (secondary N) is 1. The number of methoxy groups -OCH3 is 1. The Morgan fingerprint density at radius 2 is 2.11 bits per heavy atom. The minimum Gasteiger partial charge on any atom is -0.496 e. The highest BCUT2D eigenvalue weighted by Crippen LogP contribution is 2.48. The molecule has 0 fully saturated rings. The summed E-state index contributed by atoms with van der Waals surface area (Å²) in [7, 11) is 1.66. The Morgan fingerprint density at radius 3 is 2.78 bits per heavy atom. The van der Waals surface area contributed by atoms with Crippen molar-refractivity contribution in [1.82, 2.24) is 0 Å². The summed E-state index contributed by atoms with van der Waals surface area (Å²) in [6, 6.07) is 11.6. The molecule has 1 aliphatic heterocycles. The summed E-state index contributed by atoms with van der Waals surface area (Å²) in [6.45, 7) is 2.08. The van der Waals surface area contributed by atoms with Gasteiger partial charge in [0.2, 0.25) is 0 Å². The second-order valence-electron chi connectivity index (χ2n) is 6.21. The van der Waals surface area contributed by atoms with Gasteiger partial charge < -0.3 is 15.2 Å². The van der Waals surface area contributed by atoms with Gasteiger partial charge in [-0.15, -0.1) is 11.8 Å². The number of carboxylic acids is 1. The molecule has 0 unspecified atom stereocenters. The molecule has 27 heavy (non-hydrogen) atoms. The fourth-order valence-corrected chi connectivity index (χ4v) is 5.31. The van der Waals surface area contributed by atoms with E-state index in [1.54, 1.807) is 18.9 Å². The summed E-state index contributed by atoms with van der Waals surface area (Å²) >= 11 is 13.3. The minimum absolute atomic E-state index is 0.0415. The van der Waals surface area contributed by atoms with Gasteiger partial charge in [-0.25, -0.2) is 0 Å². The maximum Gasteiger partial charge on any atom is 0.304 e. The number of anilines is 1. The monoisotopic (exact) mass is 421 g/mol. The van der Waals surface area contributed by atoms with Crippen LogP contribution in [0.25, 0.3) is 0 Å². The van der Waals surface area contributed by atoms with Crippen molar-refractivity contribution in [2.75, 3.05) is 12.4 Å². The average molecular weight is 422 g/mol. The van der Waals surface area contributed by atoms with Crippen LogP contribution in [-0.4, -0.2) is 28.4 Å². The van der Waals surface area contributed by atoms with E-state index in [1.807, 2.05) is 30.3 Å². The lowest BCUT2D eigenvalue weighted by Crippen LogP contribution is -2.24. The van der Waals surface area contributed by atoms with Crippen LogP contribution in [0.2, 0.25) is 5.02 Å². The smallest absolute Gasteiger partial charge is 0.304 e. The van der Waals surface area contributed by atoms with Gasteiger partial charge in [0, 0.05) is 10.7 Å². The molecule has 1 aliphatic rings. The van der Waals surface area contributed by atoms with E-state index in [-0.39, 0.29) is 16.9 Å². The summed E-state index contributed by atoms with van der Waals surface area (Å²) < 4.78 is 5.55. The number of fused-ring (bicyclic) bond motifs is 1. The third kappa shape index (κ3) is 4.23. The van der Waals surface area contributed by atoms with Gasteiger partial charge in [0.25, 0.3) is 0 Å². The van der Waals surface area contributed by atoms with Gasteiger partial charge in [0.15, 0.2) is 0 Å². The number of benzene rings is 2. The Bertz CT molecular complexity index is 888. The van der Waals surface area contributed by atoms with Crippen molar-refractivity contribution >= 4 is 52.2 Å². The molecule has 2 atom stereocenters. The molecule has 0 amide bonds. The first-order valence-electron chi connectivity index (χ1n) is 8.58. The lowest BCUT2D eigenvalue weighted by molar-refractivity contribution is -0.136. The van der Waals surface area contributed by atoms with Gasteiger partial charge >= 0.3 is 5.97 Å². The van der Waals surface area contributed by atoms with Crippen LogP contribution >= 0.6 is 35.6 Å². The van der Waals surface area contributed by atoms with Gasteiger partial charge in [-0.05, 0) is 47.4 Å². The van der Waals surface area contributed by atoms with Crippen LogP contribution < -0.4 is 10.1 Å². The van der Waals surface area contributed by atoms with E-state index in [4.69, 9.17) is 28.6 Å². The summed E-state index contributed by atoms with van der Waals surface area (Å²) in [5, 5.41) is 12.7. The van der Waals surface area contributed by atoms with Gasteiger partial charge in [0.1, 0.15) is 5.75 Å². The van der Waals surface area contributed by atoms with E-state index < -0.39 is 5.97 Å². The van der Waals surface area contributed by atoms with E-state index in [0.717, 1.165) is 34.5 Å². The first kappa shape index (κ1) is 20.0. The maximum atomic E-state index is 11.4. The third-order valence-corrected chi connectivity index (χ3v) is 6.81. The molecule has 0 saturated heterocycles. The zero-order valence-corrected chi connectivity index (χ0v) is 17.4. The highest BCUT2D eigenvalue weighted by Gasteiger charge is 2.32. The Morgan fingerprint density at radius 1 is 1.33 bits per heavy atom. The van der Waals surface area contributed by atoms with Crippen molar-refractivity contribution < 1.29 is 14.6 Å². The Balaban J connectivity index is 2.18. The number of hydrogen-bond donors (Lipinski definition) is 2. The Hall–Kier alpha value is -1.76. The topological polar surface area (TPSA) is 58.6 Å². The number of thioether (sulfide) groups is 1. The molecule has 0 saturated carbocycles. The highest BCUT2D eigenvalue weighted by molar-refractivity contribution is 8.02. The van der Waals surface area contributed by atoms with Crippen LogP contribution in [0.15, 0.2) is 36.4 Å². The SMILES string of the molecule is CCc1c(OC)cccc1[C@H]1S[C@H](CC(=O)O)C(=S)Nc2ccc(Cl)cc21. The van der Waals surface area contributed by atoms with Crippen LogP contribution in [0.1, 0.15) is 35.3 Å². The molecule has 142 valence electrons. The fraction of sp³-hybridized carbons (Fsp3) is 0.300. The predicted octanol–water partition coefficient (Wildman–Crippen LogP) is 5.33. The molecule has 0 spiro atoms. The van der Waals surface area contributed by atoms with Crippen LogP contribution in [0, 0.1) is 0 Å². The largest absolute Gasteiger partial charge is 0.496 e. The quantitative estimate of drug-likeness (QED) is 0.636. The molecule has 1 heterocycles. The van der Waals surface area contributed by atoms with Crippen molar-refractivity contribution in [2.24, 2.45) is 0 Å². The van der Waals surface area contributed by atoms with E-state index in [9.17, 15) is 9.90 Å². The van der Waals surface area contributed by atoms with Crippen molar-refractivity contribution in [2.45, 2.75) is 30.3 Å². The second kappa shape index (κ2) is 8.50. The van der Waals surface area contributed by atoms with Crippen molar-refractivity contribution in [3.8, 4) is 5.75 Å². The second-order valence-corrected chi connectivity index (χ2v) is 8.39. The number of hydrogen-bond acceptors (Lipinski definition) is 4. The maximum absolute atomic E-state index is 11.4. The van der Waals surface area contributed by atoms with Crippen LogP contribution in [-0.2, 0) is 11.2 Å².